The number of aryl methyl sites for hydroxylation is 2. The number of benzene rings is 3. The minimum absolute atomic E-state index is 0.287. The lowest BCUT2D eigenvalue weighted by molar-refractivity contribution is -0.107. The second-order valence-electron chi connectivity index (χ2n) is 8.87. The number of anilines is 2. The largest absolute Gasteiger partial charge is 0.353 e. The third-order valence-electron chi connectivity index (χ3n) is 6.15. The van der Waals surface area contributed by atoms with Gasteiger partial charge in [0, 0.05) is 53.4 Å². The van der Waals surface area contributed by atoms with E-state index in [9.17, 15) is 9.59 Å². The number of hydrogen-bond donors (Lipinski definition) is 3. The zero-order chi connectivity index (χ0) is 25.8. The number of para-hydroxylation sites is 1. The molecule has 7 heteroatoms. The molecule has 3 N–H and O–H groups in total. The molecule has 0 saturated heterocycles. The van der Waals surface area contributed by atoms with Gasteiger partial charge in [-0.15, -0.1) is 0 Å². The van der Waals surface area contributed by atoms with Crippen molar-refractivity contribution in [3.63, 3.8) is 0 Å². The van der Waals surface area contributed by atoms with Gasteiger partial charge in [0.05, 0.1) is 11.4 Å². The van der Waals surface area contributed by atoms with Crippen LogP contribution in [0.15, 0.2) is 102 Å². The van der Waals surface area contributed by atoms with E-state index in [4.69, 9.17) is 4.99 Å². The zero-order valence-corrected chi connectivity index (χ0v) is 20.7. The predicted molar refractivity (Wildman–Crippen MR) is 148 cm³/mol. The maximum Gasteiger partial charge on any atom is 0.324 e. The van der Waals surface area contributed by atoms with Crippen LogP contribution >= 0.6 is 0 Å². The van der Waals surface area contributed by atoms with E-state index in [0.717, 1.165) is 45.6 Å². The lowest BCUT2D eigenvalue weighted by Crippen LogP contribution is -2.29. The summed E-state index contributed by atoms with van der Waals surface area (Å²) in [7, 11) is 1.89. The highest BCUT2D eigenvalue weighted by Gasteiger charge is 2.23. The van der Waals surface area contributed by atoms with E-state index in [1.165, 1.54) is 0 Å². The zero-order valence-electron chi connectivity index (χ0n) is 20.7. The molecule has 3 aromatic carbocycles. The van der Waals surface area contributed by atoms with Crippen molar-refractivity contribution < 1.29 is 9.59 Å². The van der Waals surface area contributed by atoms with Gasteiger partial charge in [-0.05, 0) is 36.8 Å². The predicted octanol–water partition coefficient (Wildman–Crippen LogP) is 5.49. The van der Waals surface area contributed by atoms with Crippen molar-refractivity contribution in [2.24, 2.45) is 12.0 Å². The Morgan fingerprint density at radius 2 is 1.73 bits per heavy atom. The molecule has 0 fully saturated rings. The maximum absolute atomic E-state index is 13.2. The van der Waals surface area contributed by atoms with Crippen molar-refractivity contribution in [3.8, 4) is 0 Å². The number of fused-ring (bicyclic) bond motifs is 1. The quantitative estimate of drug-likeness (QED) is 0.313. The van der Waals surface area contributed by atoms with Crippen LogP contribution in [0.3, 0.4) is 0 Å². The third kappa shape index (κ3) is 5.21. The van der Waals surface area contributed by atoms with Crippen LogP contribution in [0, 0.1) is 6.92 Å². The van der Waals surface area contributed by atoms with Gasteiger partial charge in [0.1, 0.15) is 6.29 Å². The molecule has 0 aliphatic carbocycles. The van der Waals surface area contributed by atoms with E-state index < -0.39 is 6.03 Å². The number of rotatable bonds is 6. The number of nitrogens with one attached hydrogen (secondary N) is 3. The highest BCUT2D eigenvalue weighted by Crippen LogP contribution is 2.31. The Morgan fingerprint density at radius 3 is 2.51 bits per heavy atom. The van der Waals surface area contributed by atoms with Gasteiger partial charge in [-0.2, -0.15) is 0 Å². The van der Waals surface area contributed by atoms with Crippen LogP contribution in [0.1, 0.15) is 27.9 Å². The highest BCUT2D eigenvalue weighted by molar-refractivity contribution is 6.18. The van der Waals surface area contributed by atoms with Crippen molar-refractivity contribution >= 4 is 35.1 Å². The summed E-state index contributed by atoms with van der Waals surface area (Å²) in [5, 5.41) is 9.38. The smallest absolute Gasteiger partial charge is 0.324 e. The molecule has 0 radical (unpaired) electrons. The van der Waals surface area contributed by atoms with Crippen molar-refractivity contribution in [1.82, 2.24) is 9.88 Å². The molecule has 4 aromatic rings. The van der Waals surface area contributed by atoms with Crippen LogP contribution in [0.25, 0.3) is 5.70 Å². The van der Waals surface area contributed by atoms with Gasteiger partial charge >= 0.3 is 6.03 Å². The van der Waals surface area contributed by atoms with E-state index in [1.54, 1.807) is 0 Å². The first-order chi connectivity index (χ1) is 18.0. The second kappa shape index (κ2) is 10.4. The van der Waals surface area contributed by atoms with Crippen LogP contribution in [0.5, 0.6) is 0 Å². The number of urea groups is 1. The Labute approximate surface area is 215 Å². The molecule has 2 heterocycles. The molecule has 1 aromatic heterocycles. The lowest BCUT2D eigenvalue weighted by atomic mass is 10.0. The van der Waals surface area contributed by atoms with E-state index >= 15 is 0 Å². The summed E-state index contributed by atoms with van der Waals surface area (Å²) in [6, 6.07) is 26.9. The van der Waals surface area contributed by atoms with Crippen LogP contribution in [-0.2, 0) is 18.3 Å². The van der Waals surface area contributed by atoms with Gasteiger partial charge in [0.2, 0.25) is 0 Å². The van der Waals surface area contributed by atoms with Gasteiger partial charge in [0.15, 0.2) is 5.82 Å². The normalized spacial score (nSPS) is 12.6. The first-order valence-electron chi connectivity index (χ1n) is 12.0. The van der Waals surface area contributed by atoms with Gasteiger partial charge in [0.25, 0.3) is 0 Å². The summed E-state index contributed by atoms with van der Waals surface area (Å²) in [5.41, 5.74) is 7.43. The topological polar surface area (TPSA) is 87.5 Å². The molecule has 0 atom stereocenters. The number of hydrogen-bond acceptors (Lipinski definition) is 4. The van der Waals surface area contributed by atoms with Crippen molar-refractivity contribution in [2.75, 3.05) is 10.6 Å². The number of aromatic nitrogens is 1. The molecular weight excluding hydrogens is 462 g/mol. The summed E-state index contributed by atoms with van der Waals surface area (Å²) < 4.78 is 1.90. The Morgan fingerprint density at radius 1 is 0.946 bits per heavy atom. The fourth-order valence-electron chi connectivity index (χ4n) is 4.36. The molecule has 7 nitrogen and oxygen atoms in total. The maximum atomic E-state index is 13.2. The molecule has 5 rings (SSSR count). The number of amides is 2. The average molecular weight is 490 g/mol. The molecule has 0 bridgehead atoms. The third-order valence-corrected chi connectivity index (χ3v) is 6.15. The molecular formula is C30H27N5O2. The summed E-state index contributed by atoms with van der Waals surface area (Å²) in [6.45, 7) is 1.97. The molecule has 0 unspecified atom stereocenters. The van der Waals surface area contributed by atoms with E-state index in [2.05, 4.69) is 16.0 Å². The van der Waals surface area contributed by atoms with Crippen LogP contribution in [0.4, 0.5) is 16.2 Å². The van der Waals surface area contributed by atoms with Gasteiger partial charge in [-0.1, -0.05) is 60.7 Å². The van der Waals surface area contributed by atoms with Gasteiger partial charge < -0.3 is 20.0 Å². The summed E-state index contributed by atoms with van der Waals surface area (Å²) in [4.78, 5) is 29.4. The molecule has 0 saturated carbocycles. The number of aldehydes is 1. The van der Waals surface area contributed by atoms with Crippen molar-refractivity contribution in [2.45, 2.75) is 13.3 Å². The number of carbonyl (C=O) groups is 2. The SMILES string of the molecule is Cc1cccc(NC(=O)NC2=C(c3cc(CC=O)n(C)c3)Nc3ccccc3C(c3ccccc3)=N2)c1. The minimum atomic E-state index is -0.411. The van der Waals surface area contributed by atoms with Crippen molar-refractivity contribution in [3.05, 3.63) is 125 Å². The standard InChI is InChI=1S/C30H27N5O2/c1-20-9-8-12-23(17-20)31-30(37)34-29-28(22-18-24(15-16-36)35(2)19-22)32-26-14-7-6-13-25(26)27(33-29)21-10-4-3-5-11-21/h3-14,16-19,32H,15H2,1-2H3,(H2,31,34,37). The molecule has 37 heavy (non-hydrogen) atoms. The molecule has 1 aliphatic rings. The van der Waals surface area contributed by atoms with Crippen molar-refractivity contribution in [1.29, 1.82) is 0 Å². The van der Waals surface area contributed by atoms with Crippen LogP contribution in [0.2, 0.25) is 0 Å². The van der Waals surface area contributed by atoms with Gasteiger partial charge in [-0.3, -0.25) is 5.32 Å². The molecule has 2 amide bonds. The Hall–Kier alpha value is -4.91. The summed E-state index contributed by atoms with van der Waals surface area (Å²) in [5.74, 6) is 0.364. The average Bonchev–Trinajstić information content (AvgIpc) is 3.17. The fraction of sp³-hybridized carbons (Fsp3) is 0.100. The second-order valence-corrected chi connectivity index (χ2v) is 8.87. The molecule has 1 aliphatic heterocycles. The monoisotopic (exact) mass is 489 g/mol. The van der Waals surface area contributed by atoms with E-state index in [1.807, 2.05) is 110 Å². The number of carbonyl (C=O) groups excluding carboxylic acids is 2. The van der Waals surface area contributed by atoms with Gasteiger partial charge in [-0.25, -0.2) is 9.79 Å². The lowest BCUT2D eigenvalue weighted by Gasteiger charge is -2.14. The number of aliphatic imine (C=N–C) groups is 1. The minimum Gasteiger partial charge on any atom is -0.353 e. The highest BCUT2D eigenvalue weighted by atomic mass is 16.2. The Bertz CT molecular complexity index is 1530. The summed E-state index contributed by atoms with van der Waals surface area (Å²) in [6.07, 6.45) is 3.09. The number of nitrogens with zero attached hydrogens (tertiary/aromatic N) is 2. The Balaban J connectivity index is 1.64. The van der Waals surface area contributed by atoms with Crippen LogP contribution in [-0.4, -0.2) is 22.6 Å². The Kier molecular flexibility index (Phi) is 6.68. The first kappa shape index (κ1) is 23.8. The van der Waals surface area contributed by atoms with E-state index in [0.29, 0.717) is 17.2 Å². The summed E-state index contributed by atoms with van der Waals surface area (Å²) >= 11 is 0. The molecule has 184 valence electrons. The van der Waals surface area contributed by atoms with Crippen LogP contribution < -0.4 is 16.0 Å². The fourth-order valence-corrected chi connectivity index (χ4v) is 4.36. The first-order valence-corrected chi connectivity index (χ1v) is 12.0. The van der Waals surface area contributed by atoms with E-state index in [-0.39, 0.29) is 6.42 Å². The molecule has 0 spiro atoms.